The summed E-state index contributed by atoms with van der Waals surface area (Å²) in [7, 11) is 1.37. The van der Waals surface area contributed by atoms with Crippen LogP contribution in [-0.2, 0) is 16.1 Å². The lowest BCUT2D eigenvalue weighted by atomic mass is 9.89. The number of halogens is 3. The molecule has 1 aromatic rings. The van der Waals surface area contributed by atoms with Crippen LogP contribution >= 0.6 is 12.4 Å². The third-order valence-corrected chi connectivity index (χ3v) is 4.31. The Morgan fingerprint density at radius 2 is 2.12 bits per heavy atom. The van der Waals surface area contributed by atoms with Crippen LogP contribution in [0.4, 0.5) is 8.78 Å². The number of esters is 1. The van der Waals surface area contributed by atoms with Crippen LogP contribution < -0.4 is 5.32 Å². The summed E-state index contributed by atoms with van der Waals surface area (Å²) in [5.41, 5.74) is 0.817. The van der Waals surface area contributed by atoms with Gasteiger partial charge in [-0.15, -0.1) is 12.4 Å². The Balaban J connectivity index is 0.00000288. The fraction of sp³-hybridized carbons (Fsp3) is 0.588. The highest BCUT2D eigenvalue weighted by atomic mass is 35.5. The number of rotatable bonds is 7. The lowest BCUT2D eigenvalue weighted by Crippen LogP contribution is -2.38. The van der Waals surface area contributed by atoms with Gasteiger partial charge in [0.05, 0.1) is 13.5 Å². The first-order valence-electron chi connectivity index (χ1n) is 7.86. The molecule has 1 aliphatic rings. The topological polar surface area (TPSA) is 41.6 Å². The molecule has 0 radical (unpaired) electrons. The summed E-state index contributed by atoms with van der Waals surface area (Å²) in [5, 5.41) is 3.35. The van der Waals surface area contributed by atoms with Crippen molar-refractivity contribution in [2.75, 3.05) is 33.3 Å². The number of nitrogens with one attached hydrogen (secondary N) is 1. The normalized spacial score (nSPS) is 20.0. The van der Waals surface area contributed by atoms with Gasteiger partial charge in [0, 0.05) is 26.2 Å². The molecule has 1 unspecified atom stereocenters. The van der Waals surface area contributed by atoms with Gasteiger partial charge in [-0.3, -0.25) is 9.69 Å². The molecule has 1 heterocycles. The van der Waals surface area contributed by atoms with Crippen molar-refractivity contribution in [2.24, 2.45) is 5.41 Å². The van der Waals surface area contributed by atoms with Crippen LogP contribution in [0.25, 0.3) is 0 Å². The van der Waals surface area contributed by atoms with Gasteiger partial charge in [-0.25, -0.2) is 8.78 Å². The quantitative estimate of drug-likeness (QED) is 0.757. The number of hydrogen-bond donors (Lipinski definition) is 1. The van der Waals surface area contributed by atoms with Gasteiger partial charge in [0.15, 0.2) is 11.6 Å². The monoisotopic (exact) mass is 362 g/mol. The summed E-state index contributed by atoms with van der Waals surface area (Å²) in [6.07, 6.45) is 1.34. The maximum Gasteiger partial charge on any atom is 0.306 e. The number of ether oxygens (including phenoxy) is 1. The van der Waals surface area contributed by atoms with Crippen molar-refractivity contribution in [1.29, 1.82) is 0 Å². The van der Waals surface area contributed by atoms with E-state index in [0.717, 1.165) is 32.1 Å². The largest absolute Gasteiger partial charge is 0.469 e. The maximum atomic E-state index is 13.4. The molecule has 0 amide bonds. The highest BCUT2D eigenvalue weighted by molar-refractivity contribution is 5.85. The lowest BCUT2D eigenvalue weighted by Gasteiger charge is -2.32. The number of carbonyl (C=O) groups is 1. The van der Waals surface area contributed by atoms with E-state index in [1.807, 2.05) is 0 Å². The summed E-state index contributed by atoms with van der Waals surface area (Å²) in [6.45, 7) is 5.89. The molecule has 1 atom stereocenters. The number of carbonyl (C=O) groups excluding carboxylic acids is 1. The minimum atomic E-state index is -0.846. The van der Waals surface area contributed by atoms with Gasteiger partial charge in [-0.1, -0.05) is 13.0 Å². The third-order valence-electron chi connectivity index (χ3n) is 4.31. The van der Waals surface area contributed by atoms with Crippen LogP contribution in [0.15, 0.2) is 18.2 Å². The molecule has 1 fully saturated rings. The third kappa shape index (κ3) is 6.00. The van der Waals surface area contributed by atoms with E-state index < -0.39 is 11.6 Å². The fourth-order valence-corrected chi connectivity index (χ4v) is 3.01. The zero-order chi connectivity index (χ0) is 16.9. The van der Waals surface area contributed by atoms with E-state index in [-0.39, 0.29) is 30.2 Å². The Labute approximate surface area is 148 Å². The molecule has 1 aliphatic heterocycles. The molecule has 2 rings (SSSR count). The lowest BCUT2D eigenvalue weighted by molar-refractivity contribution is -0.141. The molecule has 24 heavy (non-hydrogen) atoms. The average molecular weight is 363 g/mol. The SMILES string of the molecule is COC(=O)CCN(Cc1ccc(F)c(F)c1)CC1(C)CCNC1.Cl. The second kappa shape index (κ2) is 9.30. The second-order valence-corrected chi connectivity index (χ2v) is 6.52. The highest BCUT2D eigenvalue weighted by Crippen LogP contribution is 2.26. The van der Waals surface area contributed by atoms with Crippen molar-refractivity contribution in [3.63, 3.8) is 0 Å². The molecule has 0 spiro atoms. The smallest absolute Gasteiger partial charge is 0.306 e. The van der Waals surface area contributed by atoms with Gasteiger partial charge in [-0.05, 0) is 36.1 Å². The molecular formula is C17H25ClF2N2O2. The molecule has 136 valence electrons. The van der Waals surface area contributed by atoms with Crippen molar-refractivity contribution >= 4 is 18.4 Å². The molecular weight excluding hydrogens is 338 g/mol. The molecule has 0 bridgehead atoms. The summed E-state index contributed by atoms with van der Waals surface area (Å²) >= 11 is 0. The van der Waals surface area contributed by atoms with Crippen molar-refractivity contribution in [3.8, 4) is 0 Å². The van der Waals surface area contributed by atoms with Crippen LogP contribution in [0.1, 0.15) is 25.3 Å². The molecule has 0 aliphatic carbocycles. The van der Waals surface area contributed by atoms with Crippen molar-refractivity contribution < 1.29 is 18.3 Å². The van der Waals surface area contributed by atoms with Gasteiger partial charge in [0.2, 0.25) is 0 Å². The minimum Gasteiger partial charge on any atom is -0.469 e. The predicted molar refractivity (Wildman–Crippen MR) is 91.1 cm³/mol. The maximum absolute atomic E-state index is 13.4. The standard InChI is InChI=1S/C17H24F2N2O2.ClH/c1-17(6-7-20-11-17)12-21(8-5-16(22)23-2)10-13-3-4-14(18)15(19)9-13;/h3-4,9,20H,5-8,10-12H2,1-2H3;1H. The number of methoxy groups -OCH3 is 1. The van der Waals surface area contributed by atoms with E-state index >= 15 is 0 Å². The van der Waals surface area contributed by atoms with Crippen molar-refractivity contribution in [3.05, 3.63) is 35.4 Å². The Kier molecular flexibility index (Phi) is 8.06. The van der Waals surface area contributed by atoms with Crippen LogP contribution in [0.5, 0.6) is 0 Å². The zero-order valence-corrected chi connectivity index (χ0v) is 14.9. The summed E-state index contributed by atoms with van der Waals surface area (Å²) in [4.78, 5) is 13.5. The van der Waals surface area contributed by atoms with Gasteiger partial charge in [0.1, 0.15) is 0 Å². The van der Waals surface area contributed by atoms with E-state index in [0.29, 0.717) is 18.7 Å². The van der Waals surface area contributed by atoms with Gasteiger partial charge >= 0.3 is 5.97 Å². The number of nitrogens with zero attached hydrogens (tertiary/aromatic N) is 1. The first kappa shape index (κ1) is 20.8. The van der Waals surface area contributed by atoms with Crippen molar-refractivity contribution in [2.45, 2.75) is 26.3 Å². The molecule has 1 aromatic carbocycles. The van der Waals surface area contributed by atoms with Gasteiger partial charge in [0.25, 0.3) is 0 Å². The predicted octanol–water partition coefficient (Wildman–Crippen LogP) is 2.75. The molecule has 1 N–H and O–H groups in total. The highest BCUT2D eigenvalue weighted by Gasteiger charge is 2.30. The van der Waals surface area contributed by atoms with E-state index in [1.54, 1.807) is 6.07 Å². The zero-order valence-electron chi connectivity index (χ0n) is 14.1. The molecule has 0 aromatic heterocycles. The van der Waals surface area contributed by atoms with Crippen LogP contribution in [0.2, 0.25) is 0 Å². The van der Waals surface area contributed by atoms with E-state index in [2.05, 4.69) is 17.1 Å². The molecule has 4 nitrogen and oxygen atoms in total. The number of hydrogen-bond acceptors (Lipinski definition) is 4. The van der Waals surface area contributed by atoms with E-state index in [1.165, 1.54) is 13.2 Å². The fourth-order valence-electron chi connectivity index (χ4n) is 3.01. The molecule has 1 saturated heterocycles. The Morgan fingerprint density at radius 3 is 2.71 bits per heavy atom. The van der Waals surface area contributed by atoms with Crippen LogP contribution in [0, 0.1) is 17.0 Å². The van der Waals surface area contributed by atoms with Gasteiger partial charge < -0.3 is 10.1 Å². The van der Waals surface area contributed by atoms with E-state index in [9.17, 15) is 13.6 Å². The summed E-state index contributed by atoms with van der Waals surface area (Å²) in [6, 6.07) is 3.94. The molecule has 7 heteroatoms. The number of benzene rings is 1. The second-order valence-electron chi connectivity index (χ2n) is 6.52. The van der Waals surface area contributed by atoms with E-state index in [4.69, 9.17) is 4.74 Å². The first-order chi connectivity index (χ1) is 10.9. The summed E-state index contributed by atoms with van der Waals surface area (Å²) in [5.74, 6) is -1.96. The minimum absolute atomic E-state index is 0. The summed E-state index contributed by atoms with van der Waals surface area (Å²) < 4.78 is 31.2. The Morgan fingerprint density at radius 1 is 1.38 bits per heavy atom. The van der Waals surface area contributed by atoms with Crippen LogP contribution in [0.3, 0.4) is 0 Å². The Bertz CT molecular complexity index is 551. The van der Waals surface area contributed by atoms with Gasteiger partial charge in [-0.2, -0.15) is 0 Å². The average Bonchev–Trinajstić information content (AvgIpc) is 2.94. The Hall–Kier alpha value is -1.24. The molecule has 0 saturated carbocycles. The van der Waals surface area contributed by atoms with Crippen molar-refractivity contribution in [1.82, 2.24) is 10.2 Å². The van der Waals surface area contributed by atoms with Crippen LogP contribution in [-0.4, -0.2) is 44.2 Å². The first-order valence-corrected chi connectivity index (χ1v) is 7.86.